The van der Waals surface area contributed by atoms with Crippen molar-refractivity contribution in [1.29, 1.82) is 0 Å². The number of urea groups is 1. The first kappa shape index (κ1) is 27.3. The zero-order valence-electron chi connectivity index (χ0n) is 20.3. The van der Waals surface area contributed by atoms with E-state index in [2.05, 4.69) is 4.90 Å². The molecule has 0 spiro atoms. The van der Waals surface area contributed by atoms with Crippen LogP contribution in [-0.4, -0.2) is 88.4 Å². The van der Waals surface area contributed by atoms with E-state index >= 15 is 0 Å². The first-order chi connectivity index (χ1) is 16.2. The van der Waals surface area contributed by atoms with Crippen LogP contribution in [0.15, 0.2) is 41.3 Å². The van der Waals surface area contributed by atoms with E-state index in [9.17, 15) is 18.6 Å². The summed E-state index contributed by atoms with van der Waals surface area (Å²) in [7, 11) is -1.12. The van der Waals surface area contributed by atoms with Gasteiger partial charge in [0, 0.05) is 46.7 Å². The van der Waals surface area contributed by atoms with Crippen LogP contribution in [0.1, 0.15) is 27.7 Å². The second-order valence-electron chi connectivity index (χ2n) is 7.78. The number of esters is 1. The van der Waals surface area contributed by atoms with Crippen molar-refractivity contribution in [1.82, 2.24) is 14.9 Å². The number of amides is 2. The molecule has 0 saturated heterocycles. The van der Waals surface area contributed by atoms with Crippen molar-refractivity contribution in [2.24, 2.45) is 0 Å². The topological polar surface area (TPSA) is 106 Å². The Balaban J connectivity index is 2.28. The maximum absolute atomic E-state index is 13.4. The predicted molar refractivity (Wildman–Crippen MR) is 126 cm³/mol. The molecule has 10 nitrogen and oxygen atoms in total. The summed E-state index contributed by atoms with van der Waals surface area (Å²) in [5.74, 6) is -1.20. The Morgan fingerprint density at radius 3 is 2.24 bits per heavy atom. The van der Waals surface area contributed by atoms with Crippen LogP contribution in [-0.2, 0) is 30.0 Å². The van der Waals surface area contributed by atoms with Gasteiger partial charge in [0.25, 0.3) is 0 Å². The minimum Gasteiger partial charge on any atom is -0.488 e. The Labute approximate surface area is 202 Å². The molecule has 2 amide bonds. The number of hydroxylamine groups is 2. The zero-order valence-corrected chi connectivity index (χ0v) is 21.1. The maximum atomic E-state index is 13.4. The molecule has 1 aliphatic rings. The average Bonchev–Trinajstić information content (AvgIpc) is 2.80. The summed E-state index contributed by atoms with van der Waals surface area (Å²) in [4.78, 5) is 47.2. The molecule has 1 aliphatic heterocycles. The average molecular weight is 496 g/mol. The Hall–Kier alpha value is -2.92. The first-order valence-corrected chi connectivity index (χ1v) is 12.7. The number of carbonyl (C=O) groups is 3. The summed E-state index contributed by atoms with van der Waals surface area (Å²) in [6.07, 6.45) is 2.37. The molecule has 188 valence electrons. The molecule has 2 unspecified atom stereocenters. The van der Waals surface area contributed by atoms with Crippen LogP contribution >= 0.6 is 0 Å². The van der Waals surface area contributed by atoms with Gasteiger partial charge in [-0.25, -0.2) is 14.4 Å². The molecule has 0 fully saturated rings. The smallest absolute Gasteiger partial charge is 0.356 e. The Morgan fingerprint density at radius 2 is 1.68 bits per heavy atom. The molecule has 0 radical (unpaired) electrons. The number of cyclic esters (lactones) is 1. The lowest BCUT2D eigenvalue weighted by Crippen LogP contribution is -2.56. The van der Waals surface area contributed by atoms with E-state index in [1.165, 1.54) is 4.90 Å². The van der Waals surface area contributed by atoms with E-state index in [-0.39, 0.29) is 13.2 Å². The summed E-state index contributed by atoms with van der Waals surface area (Å²) in [6, 6.07) is 5.62. The molecule has 1 aromatic carbocycles. The van der Waals surface area contributed by atoms with Crippen LogP contribution in [0.5, 0.6) is 5.75 Å². The van der Waals surface area contributed by atoms with Gasteiger partial charge in [-0.15, -0.1) is 0 Å². The number of hydrogen-bond acceptors (Lipinski definition) is 8. The number of benzene rings is 1. The van der Waals surface area contributed by atoms with Gasteiger partial charge in [-0.2, -0.15) is 5.06 Å². The highest BCUT2D eigenvalue weighted by molar-refractivity contribution is 7.84. The van der Waals surface area contributed by atoms with Gasteiger partial charge >= 0.3 is 18.0 Å². The van der Waals surface area contributed by atoms with Gasteiger partial charge in [0.1, 0.15) is 12.4 Å². The van der Waals surface area contributed by atoms with E-state index in [0.29, 0.717) is 17.2 Å². The van der Waals surface area contributed by atoms with Crippen LogP contribution < -0.4 is 4.74 Å². The fraction of sp³-hybridized carbons (Fsp3) is 0.522. The van der Waals surface area contributed by atoms with Crippen molar-refractivity contribution in [3.63, 3.8) is 0 Å². The minimum absolute atomic E-state index is 0.139. The maximum Gasteiger partial charge on any atom is 0.356 e. The van der Waals surface area contributed by atoms with E-state index in [0.717, 1.165) is 30.3 Å². The van der Waals surface area contributed by atoms with Crippen molar-refractivity contribution in [2.45, 2.75) is 44.9 Å². The van der Waals surface area contributed by atoms with E-state index in [4.69, 9.17) is 14.3 Å². The van der Waals surface area contributed by atoms with Gasteiger partial charge in [-0.05, 0) is 51.2 Å². The number of hydrogen-bond donors (Lipinski definition) is 0. The minimum atomic E-state index is -1.12. The Kier molecular flexibility index (Phi) is 10.5. The third-order valence-electron chi connectivity index (χ3n) is 5.17. The molecule has 11 heteroatoms. The number of rotatable bonds is 10. The van der Waals surface area contributed by atoms with E-state index in [1.54, 1.807) is 44.4 Å². The SMILES string of the molecule is CCN(CC)CCN1OC(=O)/C=C\C(=O)OC(COc2ccc(S(C)=O)cc2)N(C(C)C)C1=O. The van der Waals surface area contributed by atoms with Gasteiger partial charge in [0.15, 0.2) is 0 Å². The second kappa shape index (κ2) is 13.1. The van der Waals surface area contributed by atoms with Crippen molar-refractivity contribution in [2.75, 3.05) is 39.0 Å². The highest BCUT2D eigenvalue weighted by Gasteiger charge is 2.35. The Bertz CT molecular complexity index is 900. The highest BCUT2D eigenvalue weighted by Crippen LogP contribution is 2.18. The van der Waals surface area contributed by atoms with Gasteiger partial charge in [0.05, 0.1) is 6.54 Å². The molecule has 0 aromatic heterocycles. The van der Waals surface area contributed by atoms with Crippen LogP contribution in [0.4, 0.5) is 4.79 Å². The molecular weight excluding hydrogens is 462 g/mol. The van der Waals surface area contributed by atoms with Crippen molar-refractivity contribution < 1.29 is 32.9 Å². The zero-order chi connectivity index (χ0) is 25.3. The highest BCUT2D eigenvalue weighted by atomic mass is 32.2. The van der Waals surface area contributed by atoms with Gasteiger partial charge < -0.3 is 19.2 Å². The van der Waals surface area contributed by atoms with Crippen molar-refractivity contribution >= 4 is 28.8 Å². The van der Waals surface area contributed by atoms with E-state index in [1.807, 2.05) is 13.8 Å². The van der Waals surface area contributed by atoms with Gasteiger partial charge in [0.2, 0.25) is 6.23 Å². The largest absolute Gasteiger partial charge is 0.488 e. The first-order valence-electron chi connectivity index (χ1n) is 11.1. The molecule has 0 bridgehead atoms. The lowest BCUT2D eigenvalue weighted by atomic mass is 10.3. The summed E-state index contributed by atoms with van der Waals surface area (Å²) < 4.78 is 22.9. The molecule has 0 aliphatic carbocycles. The molecule has 2 rings (SSSR count). The lowest BCUT2D eigenvalue weighted by Gasteiger charge is -2.37. The normalized spacial score (nSPS) is 19.1. The summed E-state index contributed by atoms with van der Waals surface area (Å²) >= 11 is 0. The van der Waals surface area contributed by atoms with Gasteiger partial charge in [-0.1, -0.05) is 13.8 Å². The van der Waals surface area contributed by atoms with Crippen LogP contribution in [0.3, 0.4) is 0 Å². The van der Waals surface area contributed by atoms with Crippen LogP contribution in [0.25, 0.3) is 0 Å². The van der Waals surface area contributed by atoms with Crippen LogP contribution in [0.2, 0.25) is 0 Å². The fourth-order valence-electron chi connectivity index (χ4n) is 3.27. The van der Waals surface area contributed by atoms with E-state index < -0.39 is 41.0 Å². The summed E-state index contributed by atoms with van der Waals surface area (Å²) in [5, 5.41) is 0.989. The Morgan fingerprint density at radius 1 is 1.06 bits per heavy atom. The van der Waals surface area contributed by atoms with Crippen LogP contribution in [0, 0.1) is 0 Å². The molecule has 1 aromatic rings. The van der Waals surface area contributed by atoms with Crippen molar-refractivity contribution in [3.8, 4) is 5.75 Å². The second-order valence-corrected chi connectivity index (χ2v) is 9.16. The molecular formula is C23H33N3O7S. The molecule has 0 saturated carbocycles. The van der Waals surface area contributed by atoms with Crippen molar-refractivity contribution in [3.05, 3.63) is 36.4 Å². The third-order valence-corrected chi connectivity index (χ3v) is 6.11. The number of carbonyl (C=O) groups excluding carboxylic acids is 3. The molecule has 2 atom stereocenters. The number of ether oxygens (including phenoxy) is 2. The lowest BCUT2D eigenvalue weighted by molar-refractivity contribution is -0.181. The number of likely N-dealkylation sites (N-methyl/N-ethyl adjacent to an activating group) is 1. The predicted octanol–water partition coefficient (Wildman–Crippen LogP) is 2.17. The monoisotopic (exact) mass is 495 g/mol. The quantitative estimate of drug-likeness (QED) is 0.455. The molecule has 0 N–H and O–H groups in total. The number of nitrogens with zero attached hydrogens (tertiary/aromatic N) is 3. The van der Waals surface area contributed by atoms with Gasteiger partial charge in [-0.3, -0.25) is 9.11 Å². The standard InChI is InChI=1S/C23H33N3O7S/c1-6-24(7-2)14-15-25-23(29)26(17(3)4)20(32-21(27)12-13-22(28)33-25)16-31-18-8-10-19(11-9-18)34(5)30/h8-13,17,20H,6-7,14-16H2,1-5H3/b13-12-. The third kappa shape index (κ3) is 7.84. The summed E-state index contributed by atoms with van der Waals surface area (Å²) in [6.45, 7) is 9.55. The summed E-state index contributed by atoms with van der Waals surface area (Å²) in [5.41, 5.74) is 0. The molecule has 34 heavy (non-hydrogen) atoms. The fourth-order valence-corrected chi connectivity index (χ4v) is 3.79. The molecule has 1 heterocycles.